The predicted octanol–water partition coefficient (Wildman–Crippen LogP) is -16.8. The molecule has 602 valence electrons. The van der Waals surface area contributed by atoms with Gasteiger partial charge in [0.05, 0.1) is 58.4 Å². The summed E-state index contributed by atoms with van der Waals surface area (Å²) in [5, 5.41) is 220. The molecule has 104 heavy (non-hydrogen) atoms. The summed E-state index contributed by atoms with van der Waals surface area (Å²) in [6.07, 6.45) is -70.8. The molecule has 4 amide bonds. The van der Waals surface area contributed by atoms with E-state index in [0.29, 0.717) is 0 Å². The van der Waals surface area contributed by atoms with Crippen molar-refractivity contribution in [2.24, 2.45) is 0 Å². The summed E-state index contributed by atoms with van der Waals surface area (Å²) in [5.74, 6) is -9.54. The van der Waals surface area contributed by atoms with Crippen LogP contribution in [0.5, 0.6) is 0 Å². The lowest BCUT2D eigenvalue weighted by Crippen LogP contribution is -2.71. The normalized spacial score (nSPS) is 43.7. The van der Waals surface area contributed by atoms with Crippen LogP contribution < -0.4 is 21.3 Å². The first-order chi connectivity index (χ1) is 48.5. The Kier molecular flexibility index (Phi) is 30.6. The third kappa shape index (κ3) is 20.6. The smallest absolute Gasteiger partial charge is 0.397 e. The summed E-state index contributed by atoms with van der Waals surface area (Å²) >= 11 is 0. The van der Waals surface area contributed by atoms with E-state index in [1.165, 1.54) is 0 Å². The number of amides is 4. The Balaban J connectivity index is 1.16. The molecule has 7 aliphatic heterocycles. The lowest BCUT2D eigenvalue weighted by Gasteiger charge is -2.51. The molecule has 0 saturated carbocycles. The van der Waals surface area contributed by atoms with E-state index in [1.54, 1.807) is 0 Å². The van der Waals surface area contributed by atoms with E-state index in [-0.39, 0.29) is 0 Å². The van der Waals surface area contributed by atoms with Crippen LogP contribution >= 0.6 is 0 Å². The molecule has 7 heterocycles. The number of carboxylic acids is 1. The minimum Gasteiger partial charge on any atom is -0.477 e. The molecule has 0 radical (unpaired) electrons. The molecule has 7 rings (SSSR count). The molecule has 0 aromatic heterocycles. The van der Waals surface area contributed by atoms with Crippen molar-refractivity contribution in [2.45, 2.75) is 254 Å². The first-order valence-electron chi connectivity index (χ1n) is 31.5. The van der Waals surface area contributed by atoms with Crippen LogP contribution in [0.3, 0.4) is 0 Å². The van der Waals surface area contributed by atoms with E-state index in [0.717, 1.165) is 27.7 Å². The molecule has 25 N–H and O–H groups in total. The molecule has 7 fully saturated rings. The van der Waals surface area contributed by atoms with Gasteiger partial charge in [-0.2, -0.15) is 16.8 Å². The van der Waals surface area contributed by atoms with Crippen molar-refractivity contribution >= 4 is 50.4 Å². The number of hydrogen-bond donors (Lipinski definition) is 25. The summed E-state index contributed by atoms with van der Waals surface area (Å²) in [5.41, 5.74) is 0. The van der Waals surface area contributed by atoms with Gasteiger partial charge in [0.1, 0.15) is 165 Å². The number of nitrogens with one attached hydrogen (secondary N) is 4. The lowest BCUT2D eigenvalue weighted by atomic mass is 9.88. The standard InChI is InChI=1S/C53H88N4O45S2/c1-13(63)54-25-17(67)5-53(52(80)81,101-42(25)29(69)18(68)6-58)102-45-32(72)23(11-88-103(82,83)84)94-51(38(45)78)98-41-24(12-89-104(85,86)87)95-48(28(35(41)75)57-16(4)66)100-44-31(71)20(8-60)92-50(37(44)77)97-40-22(10-62)93-47(27(34(40)74)56-15(3)65)99-43-30(70)19(7-59)91-49(36(43)76)96-39-21(9-61)90-46(79)26(33(39)73)55-14(2)64/h17-51,58-62,67-79H,5-12H2,1-4H3,(H,54,63)(H,55,64)(H,56,65)(H,57,66)(H,80,81)(H,82,83,84)(H,85,86,87)/t17-,18+,19+,20+,21+,22+,23+,24+,25+,26+,27+,28+,29+,30-,31-,32-,33+,34+,35+,36+,37+,38+,39+,40+,41+,42+,43-,44-,45-,46+,47-,48-,49-,50-,51-,53-/m0/s1. The molecule has 7 aliphatic rings. The fourth-order valence-electron chi connectivity index (χ4n) is 12.6. The highest BCUT2D eigenvalue weighted by Gasteiger charge is 2.63. The summed E-state index contributed by atoms with van der Waals surface area (Å²) < 4.78 is 151. The zero-order chi connectivity index (χ0) is 77.7. The van der Waals surface area contributed by atoms with Gasteiger partial charge in [-0.25, -0.2) is 13.2 Å². The van der Waals surface area contributed by atoms with Crippen LogP contribution in [0, 0.1) is 0 Å². The summed E-state index contributed by atoms with van der Waals surface area (Å²) in [6, 6.07) is -7.63. The maximum Gasteiger partial charge on any atom is 0.397 e. The number of aliphatic hydroxyl groups is 18. The van der Waals surface area contributed by atoms with Gasteiger partial charge in [-0.1, -0.05) is 0 Å². The second-order valence-corrected chi connectivity index (χ2v) is 27.2. The van der Waals surface area contributed by atoms with E-state index in [4.69, 9.17) is 61.6 Å². The summed E-state index contributed by atoms with van der Waals surface area (Å²) in [4.78, 5) is 63.2. The number of aliphatic carboxylic acids is 1. The Morgan fingerprint density at radius 1 is 0.433 bits per heavy atom. The predicted molar refractivity (Wildman–Crippen MR) is 316 cm³/mol. The van der Waals surface area contributed by atoms with Gasteiger partial charge in [-0.15, -0.1) is 0 Å². The molecule has 0 bridgehead atoms. The number of rotatable bonds is 30. The molecule has 0 aromatic rings. The van der Waals surface area contributed by atoms with Gasteiger partial charge in [0, 0.05) is 34.1 Å². The summed E-state index contributed by atoms with van der Waals surface area (Å²) in [6.45, 7) is -5.18. The van der Waals surface area contributed by atoms with Crippen molar-refractivity contribution in [3.63, 3.8) is 0 Å². The second kappa shape index (κ2) is 36.6. The SMILES string of the molecule is CC(=O)N[C@@H]1[C@@H](O)[C@H](O[C@@H]2O[C@H](CO)[C@H](O)[C@H](O[C@@H]3O[C@H](CO)[C@@H](O[C@@H]4O[C@H](CO)[C@H](O)[C@H](O[C@@H]5O[C@H](COS(=O)(=O)O)[C@@H](O[C@@H]6O[C@H](COS(=O)(=O)O)[C@H](O)[C@H](O[C@]7(C(=O)O)C[C@H](O)[C@@H](NC(C)=O)[C@H]([C@H](O)[C@H](O)CO)O7)[C@H]6O)[C@H](O)[C@H]5NC(C)=O)[C@H]4O)[C@H](O)[C@H]3NC(C)=O)[C@H]2O)[C@@H](CO)O[C@H]1O. The zero-order valence-corrected chi connectivity index (χ0v) is 56.5. The lowest BCUT2D eigenvalue weighted by molar-refractivity contribution is -0.391. The van der Waals surface area contributed by atoms with Gasteiger partial charge in [0.15, 0.2) is 37.7 Å². The highest BCUT2D eigenvalue weighted by atomic mass is 32.3. The van der Waals surface area contributed by atoms with Crippen molar-refractivity contribution in [3.8, 4) is 0 Å². The Hall–Kier alpha value is -4.15. The van der Waals surface area contributed by atoms with Crippen LogP contribution in [0.2, 0.25) is 0 Å². The van der Waals surface area contributed by atoms with Crippen molar-refractivity contribution in [1.29, 1.82) is 0 Å². The maximum atomic E-state index is 13.3. The minimum absolute atomic E-state index is 0.769. The molecule has 0 aromatic carbocycles. The monoisotopic (exact) mass is 1560 g/mol. The van der Waals surface area contributed by atoms with Crippen LogP contribution in [-0.2, 0) is 115 Å². The maximum absolute atomic E-state index is 13.3. The molecule has 49 nitrogen and oxygen atoms in total. The van der Waals surface area contributed by atoms with Crippen molar-refractivity contribution < 1.29 is 217 Å². The third-order valence-corrected chi connectivity index (χ3v) is 18.4. The van der Waals surface area contributed by atoms with Gasteiger partial charge in [0.2, 0.25) is 23.6 Å². The fraction of sp³-hybridized carbons (Fsp3) is 0.906. The van der Waals surface area contributed by atoms with Crippen LogP contribution in [0.15, 0.2) is 0 Å². The quantitative estimate of drug-likeness (QED) is 0.0297. The molecular formula is C53H88N4O45S2. The van der Waals surface area contributed by atoms with Crippen LogP contribution in [-0.4, -0.2) is 419 Å². The Morgan fingerprint density at radius 3 is 1.17 bits per heavy atom. The van der Waals surface area contributed by atoms with Crippen molar-refractivity contribution in [1.82, 2.24) is 21.3 Å². The van der Waals surface area contributed by atoms with Crippen molar-refractivity contribution in [3.05, 3.63) is 0 Å². The van der Waals surface area contributed by atoms with E-state index in [2.05, 4.69) is 29.6 Å². The molecule has 7 saturated heterocycles. The Morgan fingerprint density at radius 2 is 0.769 bits per heavy atom. The average Bonchev–Trinajstić information content (AvgIpc) is 0.751. The van der Waals surface area contributed by atoms with E-state index in [1.807, 2.05) is 0 Å². The van der Waals surface area contributed by atoms with Gasteiger partial charge in [-0.05, 0) is 0 Å². The third-order valence-electron chi connectivity index (χ3n) is 17.5. The Bertz CT molecular complexity index is 3090. The number of ether oxygens (including phenoxy) is 13. The molecule has 0 spiro atoms. The first kappa shape index (κ1) is 87.1. The van der Waals surface area contributed by atoms with Crippen LogP contribution in [0.4, 0.5) is 0 Å². The molecule has 51 heteroatoms. The van der Waals surface area contributed by atoms with Gasteiger partial charge in [0.25, 0.3) is 5.79 Å². The van der Waals surface area contributed by atoms with E-state index in [9.17, 15) is 147 Å². The van der Waals surface area contributed by atoms with E-state index < -0.39 is 323 Å². The minimum atomic E-state index is -5.62. The van der Waals surface area contributed by atoms with Gasteiger partial charge < -0.3 is 180 Å². The number of carbonyl (C=O) groups is 5. The summed E-state index contributed by atoms with van der Waals surface area (Å²) in [7, 11) is -11.1. The number of carbonyl (C=O) groups excluding carboxylic acids is 4. The van der Waals surface area contributed by atoms with Crippen LogP contribution in [0.1, 0.15) is 34.1 Å². The topological polar surface area (TPSA) is 765 Å². The Labute approximate surface area is 587 Å². The van der Waals surface area contributed by atoms with Crippen LogP contribution in [0.25, 0.3) is 0 Å². The molecule has 0 aliphatic carbocycles. The molecule has 0 unspecified atom stereocenters. The highest BCUT2D eigenvalue weighted by molar-refractivity contribution is 7.81. The van der Waals surface area contributed by atoms with Gasteiger partial charge >= 0.3 is 26.8 Å². The number of aliphatic hydroxyl groups excluding tert-OH is 18. The van der Waals surface area contributed by atoms with Gasteiger partial charge in [-0.3, -0.25) is 28.3 Å². The van der Waals surface area contributed by atoms with Crippen molar-refractivity contribution in [2.75, 3.05) is 46.2 Å². The molecular weight excluding hydrogens is 1480 g/mol. The second-order valence-electron chi connectivity index (χ2n) is 25.0. The number of carboxylic acid groups (broad SMARTS) is 1. The molecule has 36 atom stereocenters. The largest absolute Gasteiger partial charge is 0.477 e. The first-order valence-corrected chi connectivity index (χ1v) is 34.3. The highest BCUT2D eigenvalue weighted by Crippen LogP contribution is 2.41. The number of hydrogen-bond acceptors (Lipinski definition) is 42. The van der Waals surface area contributed by atoms with E-state index >= 15 is 0 Å². The average molecular weight is 1570 g/mol. The fourth-order valence-corrected chi connectivity index (χ4v) is 13.2. The zero-order valence-electron chi connectivity index (χ0n) is 54.9.